The van der Waals surface area contributed by atoms with Crippen LogP contribution in [0.25, 0.3) is 11.3 Å². The predicted octanol–water partition coefficient (Wildman–Crippen LogP) is 3.50. The molecular weight excluding hydrogens is 369 g/mol. The van der Waals surface area contributed by atoms with E-state index >= 15 is 0 Å². The van der Waals surface area contributed by atoms with Gasteiger partial charge in [0.15, 0.2) is 5.82 Å². The second-order valence-electron chi connectivity index (χ2n) is 6.59. The molecule has 4 heterocycles. The van der Waals surface area contributed by atoms with Gasteiger partial charge in [-0.1, -0.05) is 0 Å². The summed E-state index contributed by atoms with van der Waals surface area (Å²) >= 11 is 0. The first-order chi connectivity index (χ1) is 13.5. The monoisotopic (exact) mass is 386 g/mol. The molecule has 0 atom stereocenters. The molecule has 1 aliphatic heterocycles. The van der Waals surface area contributed by atoms with E-state index < -0.39 is 11.7 Å². The molecule has 1 fully saturated rings. The Kier molecular flexibility index (Phi) is 4.81. The van der Waals surface area contributed by atoms with Gasteiger partial charge in [0.05, 0.1) is 11.3 Å². The molecule has 0 amide bonds. The van der Waals surface area contributed by atoms with E-state index in [1.165, 1.54) is 6.07 Å². The van der Waals surface area contributed by atoms with Gasteiger partial charge in [-0.2, -0.15) is 13.2 Å². The van der Waals surface area contributed by atoms with Crippen molar-refractivity contribution in [3.8, 4) is 11.3 Å². The average molecular weight is 386 g/mol. The van der Waals surface area contributed by atoms with E-state index in [2.05, 4.69) is 30.4 Å². The molecule has 1 saturated heterocycles. The lowest BCUT2D eigenvalue weighted by Crippen LogP contribution is -2.50. The van der Waals surface area contributed by atoms with Crippen molar-refractivity contribution < 1.29 is 13.2 Å². The molecule has 1 aliphatic rings. The minimum atomic E-state index is -4.37. The van der Waals surface area contributed by atoms with Crippen molar-refractivity contribution in [3.05, 3.63) is 60.6 Å². The summed E-state index contributed by atoms with van der Waals surface area (Å²) in [6.45, 7) is 2.24. The second-order valence-corrected chi connectivity index (χ2v) is 6.59. The molecule has 0 unspecified atom stereocenters. The summed E-state index contributed by atoms with van der Waals surface area (Å²) in [7, 11) is 0. The Balaban J connectivity index is 1.27. The number of hydrogen-bond acceptors (Lipinski definition) is 6. The van der Waals surface area contributed by atoms with Crippen LogP contribution in [0.3, 0.4) is 0 Å². The van der Waals surface area contributed by atoms with Crippen molar-refractivity contribution in [3.63, 3.8) is 0 Å². The molecule has 144 valence electrons. The molecule has 3 aromatic rings. The van der Waals surface area contributed by atoms with E-state index in [1.807, 2.05) is 24.3 Å². The largest absolute Gasteiger partial charge is 0.417 e. The molecule has 4 rings (SSSR count). The first kappa shape index (κ1) is 18.1. The van der Waals surface area contributed by atoms with Crippen LogP contribution < -0.4 is 10.2 Å². The Bertz CT molecular complexity index is 907. The molecule has 0 saturated carbocycles. The third-order valence-electron chi connectivity index (χ3n) is 4.57. The summed E-state index contributed by atoms with van der Waals surface area (Å²) in [5.74, 6) is 1.61. The lowest BCUT2D eigenvalue weighted by molar-refractivity contribution is -0.137. The normalized spacial score (nSPS) is 14.6. The van der Waals surface area contributed by atoms with Gasteiger partial charge in [0.25, 0.3) is 0 Å². The van der Waals surface area contributed by atoms with E-state index in [0.717, 1.165) is 42.4 Å². The molecule has 0 spiro atoms. The van der Waals surface area contributed by atoms with Crippen LogP contribution in [0.4, 0.5) is 24.8 Å². The summed E-state index contributed by atoms with van der Waals surface area (Å²) < 4.78 is 37.6. The summed E-state index contributed by atoms with van der Waals surface area (Å²) in [5.41, 5.74) is 1.00. The first-order valence-corrected chi connectivity index (χ1v) is 8.75. The van der Waals surface area contributed by atoms with E-state index in [4.69, 9.17) is 0 Å². The van der Waals surface area contributed by atoms with Crippen molar-refractivity contribution >= 4 is 11.6 Å². The Morgan fingerprint density at radius 1 is 1.00 bits per heavy atom. The fourth-order valence-electron chi connectivity index (χ4n) is 2.97. The molecule has 9 heteroatoms. The molecule has 28 heavy (non-hydrogen) atoms. The number of nitrogens with one attached hydrogen (secondary N) is 1. The van der Waals surface area contributed by atoms with Crippen LogP contribution in [-0.2, 0) is 6.18 Å². The number of rotatable bonds is 5. The third kappa shape index (κ3) is 4.03. The molecule has 3 aromatic heterocycles. The van der Waals surface area contributed by atoms with Crippen LogP contribution >= 0.6 is 0 Å². The minimum absolute atomic E-state index is 0.366. The summed E-state index contributed by atoms with van der Waals surface area (Å²) in [6.07, 6.45) is -0.101. The third-order valence-corrected chi connectivity index (χ3v) is 4.57. The van der Waals surface area contributed by atoms with E-state index in [1.54, 1.807) is 12.4 Å². The van der Waals surface area contributed by atoms with Crippen LogP contribution in [0, 0.1) is 5.92 Å². The maximum absolute atomic E-state index is 12.5. The fourth-order valence-corrected chi connectivity index (χ4v) is 2.97. The molecule has 1 N–H and O–H groups in total. The van der Waals surface area contributed by atoms with Gasteiger partial charge in [0.1, 0.15) is 5.82 Å². The van der Waals surface area contributed by atoms with Gasteiger partial charge < -0.3 is 10.2 Å². The number of nitrogens with zero attached hydrogens (tertiary/aromatic N) is 5. The number of anilines is 2. The zero-order chi connectivity index (χ0) is 19.6. The van der Waals surface area contributed by atoms with Crippen LogP contribution in [0.1, 0.15) is 5.56 Å². The zero-order valence-corrected chi connectivity index (χ0v) is 14.8. The zero-order valence-electron chi connectivity index (χ0n) is 14.8. The van der Waals surface area contributed by atoms with E-state index in [9.17, 15) is 13.2 Å². The standard InChI is InChI=1S/C19H17F3N6/c20-19(21,22)15-1-3-17(25-10-15)24-9-13-11-28(12-13)18-4-2-16(26-27-18)14-5-7-23-8-6-14/h1-8,10,13H,9,11-12H2,(H,24,25). The molecule has 0 radical (unpaired) electrons. The maximum Gasteiger partial charge on any atom is 0.417 e. The van der Waals surface area contributed by atoms with Gasteiger partial charge in [-0.05, 0) is 36.4 Å². The second kappa shape index (κ2) is 7.41. The van der Waals surface area contributed by atoms with Gasteiger partial charge in [0.2, 0.25) is 0 Å². The van der Waals surface area contributed by atoms with Gasteiger partial charge in [-0.15, -0.1) is 10.2 Å². The Morgan fingerprint density at radius 3 is 2.39 bits per heavy atom. The predicted molar refractivity (Wildman–Crippen MR) is 98.7 cm³/mol. The molecule has 6 nitrogen and oxygen atoms in total. The highest BCUT2D eigenvalue weighted by Crippen LogP contribution is 2.29. The van der Waals surface area contributed by atoms with Crippen LogP contribution in [0.5, 0.6) is 0 Å². The van der Waals surface area contributed by atoms with Crippen molar-refractivity contribution in [2.24, 2.45) is 5.92 Å². The number of hydrogen-bond donors (Lipinski definition) is 1. The van der Waals surface area contributed by atoms with E-state index in [-0.39, 0.29) is 0 Å². The van der Waals surface area contributed by atoms with Crippen LogP contribution in [-0.4, -0.2) is 39.8 Å². The topological polar surface area (TPSA) is 66.8 Å². The average Bonchev–Trinajstić information content (AvgIpc) is 2.68. The number of pyridine rings is 2. The highest BCUT2D eigenvalue weighted by atomic mass is 19.4. The number of aromatic nitrogens is 4. The van der Waals surface area contributed by atoms with Crippen molar-refractivity contribution in [1.82, 2.24) is 20.2 Å². The van der Waals surface area contributed by atoms with Crippen LogP contribution in [0.15, 0.2) is 55.0 Å². The quantitative estimate of drug-likeness (QED) is 0.724. The highest BCUT2D eigenvalue weighted by molar-refractivity contribution is 5.59. The molecule has 0 aliphatic carbocycles. The number of alkyl halides is 3. The van der Waals surface area contributed by atoms with Crippen molar-refractivity contribution in [2.75, 3.05) is 29.9 Å². The van der Waals surface area contributed by atoms with Gasteiger partial charge >= 0.3 is 6.18 Å². The minimum Gasteiger partial charge on any atom is -0.370 e. The summed E-state index contributed by atoms with van der Waals surface area (Å²) in [6, 6.07) is 10.00. The Labute approximate surface area is 159 Å². The molecule has 0 bridgehead atoms. The fraction of sp³-hybridized carbons (Fsp3) is 0.263. The lowest BCUT2D eigenvalue weighted by Gasteiger charge is -2.40. The highest BCUT2D eigenvalue weighted by Gasteiger charge is 2.31. The van der Waals surface area contributed by atoms with Crippen molar-refractivity contribution in [1.29, 1.82) is 0 Å². The summed E-state index contributed by atoms with van der Waals surface area (Å²) in [5, 5.41) is 11.6. The maximum atomic E-state index is 12.5. The molecule has 0 aromatic carbocycles. The SMILES string of the molecule is FC(F)(F)c1ccc(NCC2CN(c3ccc(-c4ccncc4)nn3)C2)nc1. The van der Waals surface area contributed by atoms with E-state index in [0.29, 0.717) is 18.3 Å². The number of halogens is 3. The Hall–Kier alpha value is -3.23. The van der Waals surface area contributed by atoms with Gasteiger partial charge in [-0.3, -0.25) is 4.98 Å². The lowest BCUT2D eigenvalue weighted by atomic mass is 10.0. The van der Waals surface area contributed by atoms with Gasteiger partial charge in [-0.25, -0.2) is 4.98 Å². The summed E-state index contributed by atoms with van der Waals surface area (Å²) in [4.78, 5) is 9.91. The Morgan fingerprint density at radius 2 is 1.79 bits per heavy atom. The smallest absolute Gasteiger partial charge is 0.370 e. The first-order valence-electron chi connectivity index (χ1n) is 8.75. The molecular formula is C19H17F3N6. The van der Waals surface area contributed by atoms with Gasteiger partial charge in [0, 0.05) is 49.7 Å². The van der Waals surface area contributed by atoms with Crippen LogP contribution in [0.2, 0.25) is 0 Å². The van der Waals surface area contributed by atoms with Crippen molar-refractivity contribution in [2.45, 2.75) is 6.18 Å².